The van der Waals surface area contributed by atoms with E-state index in [0.717, 1.165) is 40.3 Å². The Balaban J connectivity index is 1.63. The summed E-state index contributed by atoms with van der Waals surface area (Å²) in [5, 5.41) is 9.38. The smallest absolute Gasteiger partial charge is 0.264 e. The Morgan fingerprint density at radius 3 is 2.91 bits per heavy atom. The highest BCUT2D eigenvalue weighted by atomic mass is 32.1. The molecule has 0 saturated carbocycles. The van der Waals surface area contributed by atoms with Gasteiger partial charge in [0.1, 0.15) is 4.83 Å². The molecule has 2 aliphatic heterocycles. The zero-order valence-corrected chi connectivity index (χ0v) is 14.8. The van der Waals surface area contributed by atoms with Crippen molar-refractivity contribution in [3.63, 3.8) is 0 Å². The normalized spacial score (nSPS) is 24.6. The molecule has 0 spiro atoms. The van der Waals surface area contributed by atoms with Crippen LogP contribution in [0.1, 0.15) is 54.4 Å². The summed E-state index contributed by atoms with van der Waals surface area (Å²) in [6.07, 6.45) is 3.53. The van der Waals surface area contributed by atoms with E-state index in [-0.39, 0.29) is 5.91 Å². The molecule has 5 nitrogen and oxygen atoms in total. The quantitative estimate of drug-likeness (QED) is 0.920. The Hall–Kier alpha value is -1.40. The Bertz CT molecular complexity index is 747. The predicted molar refractivity (Wildman–Crippen MR) is 93.1 cm³/mol. The molecule has 2 aromatic rings. The molecular weight excluding hydrogens is 308 g/mol. The summed E-state index contributed by atoms with van der Waals surface area (Å²) in [7, 11) is 1.97. The van der Waals surface area contributed by atoms with E-state index in [2.05, 4.69) is 30.3 Å². The number of aromatic nitrogens is 2. The van der Waals surface area contributed by atoms with Gasteiger partial charge in [0.2, 0.25) is 0 Å². The molecule has 6 heteroatoms. The first-order chi connectivity index (χ1) is 11.0. The lowest BCUT2D eigenvalue weighted by Crippen LogP contribution is -2.38. The van der Waals surface area contributed by atoms with E-state index in [1.54, 1.807) is 11.3 Å². The fourth-order valence-corrected chi connectivity index (χ4v) is 4.93. The summed E-state index contributed by atoms with van der Waals surface area (Å²) in [6, 6.07) is 3.15. The van der Waals surface area contributed by atoms with Crippen molar-refractivity contribution >= 4 is 27.5 Å². The minimum absolute atomic E-state index is 0.190. The molecule has 124 valence electrons. The molecule has 2 aliphatic rings. The molecule has 1 amide bonds. The van der Waals surface area contributed by atoms with Crippen molar-refractivity contribution in [3.8, 4) is 0 Å². The third-order valence-electron chi connectivity index (χ3n) is 5.11. The first-order valence-electron chi connectivity index (χ1n) is 8.54. The van der Waals surface area contributed by atoms with E-state index in [4.69, 9.17) is 0 Å². The summed E-state index contributed by atoms with van der Waals surface area (Å²) in [5.41, 5.74) is 1.09. The fourth-order valence-electron chi connectivity index (χ4n) is 3.88. The lowest BCUT2D eigenvalue weighted by molar-refractivity contribution is 0.0753. The summed E-state index contributed by atoms with van der Waals surface area (Å²) in [6.45, 7) is 6.02. The average molecular weight is 332 g/mol. The molecule has 0 aromatic carbocycles. The first kappa shape index (κ1) is 15.1. The van der Waals surface area contributed by atoms with Crippen LogP contribution in [0.4, 0.5) is 0 Å². The number of carbonyl (C=O) groups excluding carboxylic acids is 1. The maximum absolute atomic E-state index is 13.0. The van der Waals surface area contributed by atoms with Crippen LogP contribution in [0.25, 0.3) is 10.2 Å². The second kappa shape index (κ2) is 5.60. The number of aryl methyl sites for hydroxylation is 1. The van der Waals surface area contributed by atoms with Gasteiger partial charge in [-0.05, 0) is 31.2 Å². The van der Waals surface area contributed by atoms with Crippen molar-refractivity contribution in [1.29, 1.82) is 0 Å². The van der Waals surface area contributed by atoms with E-state index in [9.17, 15) is 4.79 Å². The predicted octanol–water partition coefficient (Wildman–Crippen LogP) is 2.72. The van der Waals surface area contributed by atoms with Crippen molar-refractivity contribution in [2.45, 2.75) is 51.1 Å². The summed E-state index contributed by atoms with van der Waals surface area (Å²) in [4.78, 5) is 17.0. The van der Waals surface area contributed by atoms with Gasteiger partial charge in [-0.1, -0.05) is 13.8 Å². The van der Waals surface area contributed by atoms with Crippen molar-refractivity contribution in [1.82, 2.24) is 20.0 Å². The van der Waals surface area contributed by atoms with Crippen LogP contribution in [-0.4, -0.2) is 45.8 Å². The Morgan fingerprint density at radius 2 is 2.13 bits per heavy atom. The molecule has 2 saturated heterocycles. The first-order valence-corrected chi connectivity index (χ1v) is 9.36. The molecule has 2 bridgehead atoms. The fraction of sp³-hybridized carbons (Fsp3) is 0.647. The van der Waals surface area contributed by atoms with Crippen molar-refractivity contribution < 1.29 is 4.79 Å². The van der Waals surface area contributed by atoms with E-state index in [0.29, 0.717) is 18.0 Å². The number of fused-ring (bicyclic) bond motifs is 3. The number of likely N-dealkylation sites (tertiary alicyclic amines) is 1. The number of thiophene rings is 1. The number of nitrogens with zero attached hydrogens (tertiary/aromatic N) is 3. The number of carbonyl (C=O) groups is 1. The minimum Gasteiger partial charge on any atom is -0.336 e. The number of nitrogens with one attached hydrogen (secondary N) is 1. The number of rotatable bonds is 2. The minimum atomic E-state index is 0.190. The van der Waals surface area contributed by atoms with Crippen molar-refractivity contribution in [2.75, 3.05) is 13.1 Å². The number of hydrogen-bond acceptors (Lipinski definition) is 4. The van der Waals surface area contributed by atoms with Crippen molar-refractivity contribution in [3.05, 3.63) is 16.6 Å². The van der Waals surface area contributed by atoms with E-state index in [1.165, 1.54) is 12.8 Å². The largest absolute Gasteiger partial charge is 0.336 e. The molecule has 2 fully saturated rings. The highest BCUT2D eigenvalue weighted by Crippen LogP contribution is 2.32. The van der Waals surface area contributed by atoms with Gasteiger partial charge in [0.15, 0.2) is 0 Å². The van der Waals surface area contributed by atoms with Gasteiger partial charge in [0.05, 0.1) is 10.6 Å². The molecule has 4 rings (SSSR count). The zero-order valence-electron chi connectivity index (χ0n) is 14.0. The second-order valence-electron chi connectivity index (χ2n) is 7.17. The Labute approximate surface area is 140 Å². The van der Waals surface area contributed by atoms with Crippen LogP contribution in [0.3, 0.4) is 0 Å². The third-order valence-corrected chi connectivity index (χ3v) is 6.30. The maximum Gasteiger partial charge on any atom is 0.264 e. The van der Waals surface area contributed by atoms with Crippen LogP contribution in [0.2, 0.25) is 0 Å². The van der Waals surface area contributed by atoms with Gasteiger partial charge in [-0.3, -0.25) is 9.48 Å². The van der Waals surface area contributed by atoms with Crippen LogP contribution in [0.15, 0.2) is 6.07 Å². The lowest BCUT2D eigenvalue weighted by atomic mass is 10.1. The standard InChI is InChI=1S/C17H24N4OS/c1-10(2)15-13-8-14(23-17(13)20(3)19-15)16(22)21-7-6-11-4-5-12(9-21)18-11/h8,10-12,18H,4-7,9H2,1-3H3. The molecule has 0 aliphatic carbocycles. The maximum atomic E-state index is 13.0. The van der Waals surface area contributed by atoms with E-state index >= 15 is 0 Å². The monoisotopic (exact) mass is 332 g/mol. The molecule has 0 radical (unpaired) electrons. The Morgan fingerprint density at radius 1 is 1.35 bits per heavy atom. The average Bonchev–Trinajstić information content (AvgIpc) is 3.14. The topological polar surface area (TPSA) is 50.2 Å². The molecular formula is C17H24N4OS. The van der Waals surface area contributed by atoms with Gasteiger partial charge in [-0.2, -0.15) is 5.10 Å². The van der Waals surface area contributed by atoms with E-state index < -0.39 is 0 Å². The van der Waals surface area contributed by atoms with Gasteiger partial charge in [-0.15, -0.1) is 11.3 Å². The number of hydrogen-bond donors (Lipinski definition) is 1. The van der Waals surface area contributed by atoms with Gasteiger partial charge >= 0.3 is 0 Å². The lowest BCUT2D eigenvalue weighted by Gasteiger charge is -2.23. The van der Waals surface area contributed by atoms with Crippen LogP contribution in [0, 0.1) is 0 Å². The molecule has 1 N–H and O–H groups in total. The van der Waals surface area contributed by atoms with Crippen LogP contribution >= 0.6 is 11.3 Å². The number of amides is 1. The zero-order chi connectivity index (χ0) is 16.1. The van der Waals surface area contributed by atoms with Crippen LogP contribution < -0.4 is 5.32 Å². The van der Waals surface area contributed by atoms with Gasteiger partial charge < -0.3 is 10.2 Å². The summed E-state index contributed by atoms with van der Waals surface area (Å²) >= 11 is 1.58. The van der Waals surface area contributed by atoms with Crippen molar-refractivity contribution in [2.24, 2.45) is 7.05 Å². The SMILES string of the molecule is CC(C)c1nn(C)c2sc(C(=O)N3CCC4CCC(C3)N4)cc12. The van der Waals surface area contributed by atoms with E-state index in [1.807, 2.05) is 16.6 Å². The second-order valence-corrected chi connectivity index (χ2v) is 8.20. The van der Waals surface area contributed by atoms with Gasteiger partial charge in [-0.25, -0.2) is 0 Å². The van der Waals surface area contributed by atoms with Gasteiger partial charge in [0, 0.05) is 37.6 Å². The molecule has 2 unspecified atom stereocenters. The summed E-state index contributed by atoms with van der Waals surface area (Å²) < 4.78 is 1.91. The highest BCUT2D eigenvalue weighted by molar-refractivity contribution is 7.20. The summed E-state index contributed by atoms with van der Waals surface area (Å²) in [5.74, 6) is 0.560. The molecule has 4 heterocycles. The molecule has 2 atom stereocenters. The van der Waals surface area contributed by atoms with Gasteiger partial charge in [0.25, 0.3) is 5.91 Å². The van der Waals surface area contributed by atoms with Crippen LogP contribution in [0.5, 0.6) is 0 Å². The third kappa shape index (κ3) is 2.58. The highest BCUT2D eigenvalue weighted by Gasteiger charge is 2.32. The molecule has 2 aromatic heterocycles. The van der Waals surface area contributed by atoms with Crippen LogP contribution in [-0.2, 0) is 7.05 Å². The molecule has 23 heavy (non-hydrogen) atoms. The Kier molecular flexibility index (Phi) is 3.69.